The predicted molar refractivity (Wildman–Crippen MR) is 84.0 cm³/mol. The zero-order chi connectivity index (χ0) is 14.7. The van der Waals surface area contributed by atoms with Gasteiger partial charge in [-0.05, 0) is 43.2 Å². The first kappa shape index (κ1) is 14.5. The van der Waals surface area contributed by atoms with Crippen LogP contribution in [0.5, 0.6) is 0 Å². The molecule has 0 saturated carbocycles. The number of nitrogens with one attached hydrogen (secondary N) is 1. The van der Waals surface area contributed by atoms with E-state index in [0.717, 1.165) is 15.7 Å². The van der Waals surface area contributed by atoms with E-state index in [1.165, 1.54) is 11.6 Å². The number of nitrogens with zero attached hydrogens (tertiary/aromatic N) is 1. The normalized spacial score (nSPS) is 10.3. The van der Waals surface area contributed by atoms with Crippen LogP contribution in [0.1, 0.15) is 16.7 Å². The van der Waals surface area contributed by atoms with Crippen molar-refractivity contribution in [1.29, 1.82) is 0 Å². The maximum Gasteiger partial charge on any atom is 0.272 e. The molecule has 104 valence electrons. The van der Waals surface area contributed by atoms with Crippen LogP contribution in [0.4, 0.5) is 11.4 Å². The Kier molecular flexibility index (Phi) is 4.39. The topological polar surface area (TPSA) is 55.2 Å². The van der Waals surface area contributed by atoms with Crippen molar-refractivity contribution in [2.45, 2.75) is 20.4 Å². The molecule has 1 N–H and O–H groups in total. The van der Waals surface area contributed by atoms with Gasteiger partial charge in [0.25, 0.3) is 5.69 Å². The first-order chi connectivity index (χ1) is 9.47. The molecule has 2 rings (SSSR count). The Morgan fingerprint density at radius 2 is 1.95 bits per heavy atom. The van der Waals surface area contributed by atoms with Crippen LogP contribution < -0.4 is 5.32 Å². The molecular formula is C15H15BrN2O2. The van der Waals surface area contributed by atoms with E-state index < -0.39 is 0 Å². The lowest BCUT2D eigenvalue weighted by Gasteiger charge is -2.09. The summed E-state index contributed by atoms with van der Waals surface area (Å²) in [6.45, 7) is 4.45. The number of rotatable bonds is 4. The molecule has 0 aliphatic rings. The van der Waals surface area contributed by atoms with Crippen molar-refractivity contribution in [3.63, 3.8) is 0 Å². The molecule has 0 fully saturated rings. The molecule has 0 radical (unpaired) electrons. The molecule has 2 aromatic carbocycles. The van der Waals surface area contributed by atoms with Crippen molar-refractivity contribution in [3.05, 3.63) is 67.7 Å². The number of anilines is 1. The Labute approximate surface area is 126 Å². The van der Waals surface area contributed by atoms with Gasteiger partial charge >= 0.3 is 0 Å². The average Bonchev–Trinajstić information content (AvgIpc) is 2.37. The van der Waals surface area contributed by atoms with Crippen molar-refractivity contribution in [2.75, 3.05) is 5.32 Å². The Morgan fingerprint density at radius 3 is 2.55 bits per heavy atom. The fraction of sp³-hybridized carbons (Fsp3) is 0.200. The van der Waals surface area contributed by atoms with Gasteiger partial charge in [0.2, 0.25) is 0 Å². The van der Waals surface area contributed by atoms with E-state index in [2.05, 4.69) is 39.4 Å². The van der Waals surface area contributed by atoms with Crippen LogP contribution in [0.15, 0.2) is 40.9 Å². The molecule has 0 aromatic heterocycles. The number of nitro groups is 1. The van der Waals surface area contributed by atoms with E-state index in [0.29, 0.717) is 12.1 Å². The monoisotopic (exact) mass is 334 g/mol. The Balaban J connectivity index is 2.11. The highest BCUT2D eigenvalue weighted by Crippen LogP contribution is 2.23. The van der Waals surface area contributed by atoms with E-state index in [4.69, 9.17) is 0 Å². The summed E-state index contributed by atoms with van der Waals surface area (Å²) in [6, 6.07) is 11.2. The van der Waals surface area contributed by atoms with Gasteiger partial charge in [0.1, 0.15) is 0 Å². The molecule has 0 aliphatic heterocycles. The van der Waals surface area contributed by atoms with Gasteiger partial charge in [-0.25, -0.2) is 0 Å². The Bertz CT molecular complexity index is 656. The van der Waals surface area contributed by atoms with E-state index in [9.17, 15) is 10.1 Å². The van der Waals surface area contributed by atoms with Gasteiger partial charge in [-0.15, -0.1) is 0 Å². The van der Waals surface area contributed by atoms with Gasteiger partial charge in [0, 0.05) is 28.3 Å². The lowest BCUT2D eigenvalue weighted by Crippen LogP contribution is -2.01. The molecule has 0 saturated heterocycles. The Morgan fingerprint density at radius 1 is 1.20 bits per heavy atom. The largest absolute Gasteiger partial charge is 0.381 e. The maximum atomic E-state index is 10.8. The summed E-state index contributed by atoms with van der Waals surface area (Å²) >= 11 is 3.54. The van der Waals surface area contributed by atoms with Crippen LogP contribution in [-0.2, 0) is 6.54 Å². The van der Waals surface area contributed by atoms with Crippen LogP contribution >= 0.6 is 15.9 Å². The summed E-state index contributed by atoms with van der Waals surface area (Å²) in [6.07, 6.45) is 0. The average molecular weight is 335 g/mol. The molecule has 0 spiro atoms. The fourth-order valence-corrected chi connectivity index (χ4v) is 2.60. The molecule has 0 unspecified atom stereocenters. The van der Waals surface area contributed by atoms with Crippen molar-refractivity contribution in [1.82, 2.24) is 0 Å². The van der Waals surface area contributed by atoms with Gasteiger partial charge in [0.15, 0.2) is 0 Å². The summed E-state index contributed by atoms with van der Waals surface area (Å²) in [5, 5.41) is 14.0. The molecule has 5 heteroatoms. The van der Waals surface area contributed by atoms with Crippen LogP contribution in [0.2, 0.25) is 0 Å². The highest BCUT2D eigenvalue weighted by Gasteiger charge is 2.10. The molecular weight excluding hydrogens is 320 g/mol. The fourth-order valence-electron chi connectivity index (χ4n) is 1.96. The molecule has 0 amide bonds. The first-order valence-electron chi connectivity index (χ1n) is 6.21. The van der Waals surface area contributed by atoms with Crippen LogP contribution in [0, 0.1) is 24.0 Å². The molecule has 2 aromatic rings. The number of hydrogen-bond acceptors (Lipinski definition) is 3. The standard InChI is InChI=1S/C15H15BrN2O2/c1-10-3-4-12(14(16)7-10)9-17-13-5-6-15(18(19)20)11(2)8-13/h3-8,17H,9H2,1-2H3. The third kappa shape index (κ3) is 3.36. The second-order valence-corrected chi connectivity index (χ2v) is 5.56. The second kappa shape index (κ2) is 6.05. The predicted octanol–water partition coefficient (Wildman–Crippen LogP) is 4.59. The van der Waals surface area contributed by atoms with Gasteiger partial charge in [-0.1, -0.05) is 28.1 Å². The van der Waals surface area contributed by atoms with Crippen LogP contribution in [0.3, 0.4) is 0 Å². The highest BCUT2D eigenvalue weighted by atomic mass is 79.9. The molecule has 4 nitrogen and oxygen atoms in total. The number of halogens is 1. The minimum Gasteiger partial charge on any atom is -0.381 e. The molecule has 0 bridgehead atoms. The summed E-state index contributed by atoms with van der Waals surface area (Å²) in [5.41, 5.74) is 4.02. The number of hydrogen-bond donors (Lipinski definition) is 1. The van der Waals surface area contributed by atoms with E-state index in [-0.39, 0.29) is 10.6 Å². The summed E-state index contributed by atoms with van der Waals surface area (Å²) in [4.78, 5) is 10.4. The third-order valence-corrected chi connectivity index (χ3v) is 3.82. The van der Waals surface area contributed by atoms with Gasteiger partial charge < -0.3 is 5.32 Å². The molecule has 0 aliphatic carbocycles. The smallest absolute Gasteiger partial charge is 0.272 e. The van der Waals surface area contributed by atoms with Crippen molar-refractivity contribution >= 4 is 27.3 Å². The van der Waals surface area contributed by atoms with Crippen molar-refractivity contribution in [2.24, 2.45) is 0 Å². The summed E-state index contributed by atoms with van der Waals surface area (Å²) in [5.74, 6) is 0. The minimum absolute atomic E-state index is 0.145. The molecule has 0 heterocycles. The van der Waals surface area contributed by atoms with Gasteiger partial charge in [-0.3, -0.25) is 10.1 Å². The second-order valence-electron chi connectivity index (χ2n) is 4.71. The van der Waals surface area contributed by atoms with E-state index >= 15 is 0 Å². The number of aryl methyl sites for hydroxylation is 2. The van der Waals surface area contributed by atoms with E-state index in [1.54, 1.807) is 19.1 Å². The van der Waals surface area contributed by atoms with Crippen molar-refractivity contribution in [3.8, 4) is 0 Å². The quantitative estimate of drug-likeness (QED) is 0.657. The van der Waals surface area contributed by atoms with Gasteiger partial charge in [0.05, 0.1) is 4.92 Å². The minimum atomic E-state index is -0.365. The summed E-state index contributed by atoms with van der Waals surface area (Å²) < 4.78 is 1.06. The Hall–Kier alpha value is -1.88. The van der Waals surface area contributed by atoms with Crippen LogP contribution in [-0.4, -0.2) is 4.92 Å². The molecule has 0 atom stereocenters. The lowest BCUT2D eigenvalue weighted by molar-refractivity contribution is -0.385. The van der Waals surface area contributed by atoms with E-state index in [1.807, 2.05) is 6.92 Å². The van der Waals surface area contributed by atoms with Gasteiger partial charge in [-0.2, -0.15) is 0 Å². The number of nitro benzene ring substituents is 1. The molecule has 20 heavy (non-hydrogen) atoms. The van der Waals surface area contributed by atoms with Crippen molar-refractivity contribution < 1.29 is 4.92 Å². The summed E-state index contributed by atoms with van der Waals surface area (Å²) in [7, 11) is 0. The first-order valence-corrected chi connectivity index (χ1v) is 7.00. The number of benzene rings is 2. The third-order valence-electron chi connectivity index (χ3n) is 3.09. The maximum absolute atomic E-state index is 10.8. The SMILES string of the molecule is Cc1ccc(CNc2ccc([N+](=O)[O-])c(C)c2)c(Br)c1. The highest BCUT2D eigenvalue weighted by molar-refractivity contribution is 9.10. The lowest BCUT2D eigenvalue weighted by atomic mass is 10.1. The zero-order valence-corrected chi connectivity index (χ0v) is 12.9. The zero-order valence-electron chi connectivity index (χ0n) is 11.3. The van der Waals surface area contributed by atoms with Crippen LogP contribution in [0.25, 0.3) is 0 Å².